The van der Waals surface area contributed by atoms with Gasteiger partial charge in [-0.1, -0.05) is 22.0 Å². The van der Waals surface area contributed by atoms with Crippen molar-refractivity contribution in [3.63, 3.8) is 0 Å². The van der Waals surface area contributed by atoms with Crippen molar-refractivity contribution in [3.8, 4) is 0 Å². The van der Waals surface area contributed by atoms with E-state index >= 15 is 0 Å². The van der Waals surface area contributed by atoms with Gasteiger partial charge in [0.05, 0.1) is 0 Å². The molecule has 82 valence electrons. The number of benzene rings is 1. The average Bonchev–Trinajstić information content (AvgIpc) is 2.20. The highest BCUT2D eigenvalue weighted by atomic mass is 79.9. The van der Waals surface area contributed by atoms with Crippen LogP contribution < -0.4 is 0 Å². The van der Waals surface area contributed by atoms with Crippen LogP contribution in [0.25, 0.3) is 0 Å². The van der Waals surface area contributed by atoms with Gasteiger partial charge in [-0.05, 0) is 38.5 Å². The summed E-state index contributed by atoms with van der Waals surface area (Å²) >= 11 is 3.43. The van der Waals surface area contributed by atoms with Gasteiger partial charge in [0.2, 0.25) is 0 Å². The van der Waals surface area contributed by atoms with E-state index < -0.39 is 0 Å². The molecule has 0 aromatic heterocycles. The number of rotatable bonds is 2. The lowest BCUT2D eigenvalue weighted by atomic mass is 10.1. The van der Waals surface area contributed by atoms with Crippen LogP contribution in [-0.4, -0.2) is 23.9 Å². The largest absolute Gasteiger partial charge is 0.339 e. The topological polar surface area (TPSA) is 20.3 Å². The summed E-state index contributed by atoms with van der Waals surface area (Å²) in [6.07, 6.45) is 0. The molecular weight excluding hydrogens is 254 g/mol. The van der Waals surface area contributed by atoms with E-state index in [1.54, 1.807) is 4.90 Å². The number of carbonyl (C=O) groups excluding carboxylic acids is 1. The molecule has 0 N–H and O–H groups in total. The van der Waals surface area contributed by atoms with Gasteiger partial charge in [0, 0.05) is 23.1 Å². The Hall–Kier alpha value is -0.830. The molecule has 0 saturated heterocycles. The maximum Gasteiger partial charge on any atom is 0.254 e. The summed E-state index contributed by atoms with van der Waals surface area (Å²) < 4.78 is 0.977. The maximum absolute atomic E-state index is 12.1. The summed E-state index contributed by atoms with van der Waals surface area (Å²) in [5, 5.41) is 0. The van der Waals surface area contributed by atoms with Gasteiger partial charge >= 0.3 is 0 Å². The zero-order chi connectivity index (χ0) is 11.6. The molecule has 1 aromatic carbocycles. The van der Waals surface area contributed by atoms with Crippen LogP contribution in [0.5, 0.6) is 0 Å². The summed E-state index contributed by atoms with van der Waals surface area (Å²) in [4.78, 5) is 13.8. The molecule has 0 atom stereocenters. The number of carbonyl (C=O) groups is 1. The normalized spacial score (nSPS) is 10.5. The van der Waals surface area contributed by atoms with Gasteiger partial charge in [0.1, 0.15) is 0 Å². The minimum Gasteiger partial charge on any atom is -0.339 e. The Morgan fingerprint density at radius 1 is 1.40 bits per heavy atom. The van der Waals surface area contributed by atoms with E-state index in [4.69, 9.17) is 0 Å². The van der Waals surface area contributed by atoms with Gasteiger partial charge in [0.15, 0.2) is 0 Å². The van der Waals surface area contributed by atoms with Crippen LogP contribution in [0.1, 0.15) is 29.8 Å². The molecule has 0 spiro atoms. The van der Waals surface area contributed by atoms with Crippen molar-refractivity contribution >= 4 is 21.8 Å². The quantitative estimate of drug-likeness (QED) is 0.807. The monoisotopic (exact) mass is 269 g/mol. The van der Waals surface area contributed by atoms with Gasteiger partial charge in [-0.25, -0.2) is 0 Å². The number of hydrogen-bond acceptors (Lipinski definition) is 1. The number of nitrogens with zero attached hydrogens (tertiary/aromatic N) is 1. The molecule has 0 heterocycles. The van der Waals surface area contributed by atoms with Crippen LogP contribution in [-0.2, 0) is 0 Å². The highest BCUT2D eigenvalue weighted by molar-refractivity contribution is 9.10. The second kappa shape index (κ2) is 4.79. The Kier molecular flexibility index (Phi) is 3.91. The Morgan fingerprint density at radius 2 is 2.00 bits per heavy atom. The maximum atomic E-state index is 12.1. The molecule has 0 unspecified atom stereocenters. The van der Waals surface area contributed by atoms with E-state index in [9.17, 15) is 4.79 Å². The van der Waals surface area contributed by atoms with Gasteiger partial charge < -0.3 is 4.90 Å². The standard InChI is InChI=1S/C12H16BrNO/c1-8(2)14(4)12(15)10-6-5-7-11(13)9(10)3/h5-8H,1-4H3. The minimum atomic E-state index is 0.0730. The van der Waals surface area contributed by atoms with Gasteiger partial charge in [0.25, 0.3) is 5.91 Å². The number of hydrogen-bond donors (Lipinski definition) is 0. The molecule has 15 heavy (non-hydrogen) atoms. The first-order valence-corrected chi connectivity index (χ1v) is 5.76. The van der Waals surface area contributed by atoms with Crippen LogP contribution in [0.3, 0.4) is 0 Å². The van der Waals surface area contributed by atoms with Gasteiger partial charge in [-0.15, -0.1) is 0 Å². The lowest BCUT2D eigenvalue weighted by Gasteiger charge is -2.22. The van der Waals surface area contributed by atoms with Gasteiger partial charge in [-0.3, -0.25) is 4.79 Å². The molecule has 0 aliphatic carbocycles. The molecule has 0 fully saturated rings. The van der Waals surface area contributed by atoms with Crippen LogP contribution in [0.2, 0.25) is 0 Å². The molecule has 0 aliphatic heterocycles. The van der Waals surface area contributed by atoms with E-state index in [2.05, 4.69) is 15.9 Å². The first-order valence-electron chi connectivity index (χ1n) is 4.97. The van der Waals surface area contributed by atoms with Crippen molar-refractivity contribution < 1.29 is 4.79 Å². The second-order valence-electron chi connectivity index (χ2n) is 3.92. The van der Waals surface area contributed by atoms with Crippen LogP contribution in [0.15, 0.2) is 22.7 Å². The summed E-state index contributed by atoms with van der Waals surface area (Å²) in [6, 6.07) is 5.91. The first kappa shape index (κ1) is 12.2. The third kappa shape index (κ3) is 2.59. The molecule has 0 aliphatic rings. The molecule has 1 amide bonds. The Labute approximate surface area is 99.4 Å². The van der Waals surface area contributed by atoms with Crippen molar-refractivity contribution in [1.82, 2.24) is 4.90 Å². The van der Waals surface area contributed by atoms with E-state index in [1.807, 2.05) is 46.0 Å². The summed E-state index contributed by atoms with van der Waals surface area (Å²) in [7, 11) is 1.83. The van der Waals surface area contributed by atoms with Crippen LogP contribution in [0.4, 0.5) is 0 Å². The molecule has 0 radical (unpaired) electrons. The smallest absolute Gasteiger partial charge is 0.254 e. The highest BCUT2D eigenvalue weighted by Gasteiger charge is 2.16. The minimum absolute atomic E-state index is 0.0730. The fraction of sp³-hybridized carbons (Fsp3) is 0.417. The summed E-state index contributed by atoms with van der Waals surface area (Å²) in [5.74, 6) is 0.0730. The average molecular weight is 270 g/mol. The molecule has 0 saturated carbocycles. The Balaban J connectivity index is 3.07. The van der Waals surface area contributed by atoms with Crippen molar-refractivity contribution in [2.45, 2.75) is 26.8 Å². The van der Waals surface area contributed by atoms with E-state index in [1.165, 1.54) is 0 Å². The Bertz CT molecular complexity index is 374. The second-order valence-corrected chi connectivity index (χ2v) is 4.78. The summed E-state index contributed by atoms with van der Waals surface area (Å²) in [6.45, 7) is 5.96. The Morgan fingerprint density at radius 3 is 2.53 bits per heavy atom. The first-order chi connectivity index (χ1) is 6.95. The van der Waals surface area contributed by atoms with E-state index in [-0.39, 0.29) is 11.9 Å². The fourth-order valence-corrected chi connectivity index (χ4v) is 1.63. The van der Waals surface area contributed by atoms with Crippen molar-refractivity contribution in [2.75, 3.05) is 7.05 Å². The zero-order valence-electron chi connectivity index (χ0n) is 9.54. The number of amides is 1. The lowest BCUT2D eigenvalue weighted by Crippen LogP contribution is -2.33. The van der Waals surface area contributed by atoms with Crippen molar-refractivity contribution in [3.05, 3.63) is 33.8 Å². The van der Waals surface area contributed by atoms with Crippen molar-refractivity contribution in [2.24, 2.45) is 0 Å². The fourth-order valence-electron chi connectivity index (χ4n) is 1.26. The molecule has 1 rings (SSSR count). The molecule has 1 aromatic rings. The van der Waals surface area contributed by atoms with Gasteiger partial charge in [-0.2, -0.15) is 0 Å². The third-order valence-corrected chi connectivity index (χ3v) is 3.45. The predicted octanol–water partition coefficient (Wildman–Crippen LogP) is 3.24. The highest BCUT2D eigenvalue weighted by Crippen LogP contribution is 2.20. The number of halogens is 1. The SMILES string of the molecule is Cc1c(Br)cccc1C(=O)N(C)C(C)C. The molecule has 2 nitrogen and oxygen atoms in total. The lowest BCUT2D eigenvalue weighted by molar-refractivity contribution is 0.0754. The molecule has 3 heteroatoms. The van der Waals surface area contributed by atoms with Crippen LogP contribution in [0, 0.1) is 6.92 Å². The summed E-state index contributed by atoms with van der Waals surface area (Å²) in [5.41, 5.74) is 1.76. The van der Waals surface area contributed by atoms with E-state index in [0.717, 1.165) is 15.6 Å². The van der Waals surface area contributed by atoms with E-state index in [0.29, 0.717) is 0 Å². The molecular formula is C12H16BrNO. The van der Waals surface area contributed by atoms with Crippen LogP contribution >= 0.6 is 15.9 Å². The van der Waals surface area contributed by atoms with Crippen molar-refractivity contribution in [1.29, 1.82) is 0 Å². The zero-order valence-corrected chi connectivity index (χ0v) is 11.1. The third-order valence-electron chi connectivity index (χ3n) is 2.59. The molecule has 0 bridgehead atoms. The predicted molar refractivity (Wildman–Crippen MR) is 66.1 cm³/mol.